The van der Waals surface area contributed by atoms with Gasteiger partial charge in [0.05, 0.1) is 19.5 Å². The second-order valence-corrected chi connectivity index (χ2v) is 24.4. The third-order valence-corrected chi connectivity index (χ3v) is 15.5. The topological polar surface area (TPSA) is 364 Å². The van der Waals surface area contributed by atoms with E-state index >= 15 is 0 Å². The van der Waals surface area contributed by atoms with Gasteiger partial charge in [-0.1, -0.05) is 118 Å². The molecule has 2 amide bonds. The molecule has 0 aromatic carbocycles. The number of carbonyl (C=O) groups excluding carboxylic acids is 3. The van der Waals surface area contributed by atoms with Crippen LogP contribution in [0.2, 0.25) is 0 Å². The van der Waals surface area contributed by atoms with Crippen LogP contribution >= 0.6 is 35.2 Å². The lowest BCUT2D eigenvalue weighted by molar-refractivity contribution is -0.137. The molecule has 0 spiro atoms. The Labute approximate surface area is 407 Å². The lowest BCUT2D eigenvalue weighted by Gasteiger charge is -2.30. The van der Waals surface area contributed by atoms with Gasteiger partial charge in [-0.25, -0.2) is 28.6 Å². The number of nitrogen functional groups attached to an aromatic ring is 1. The van der Waals surface area contributed by atoms with Gasteiger partial charge in [-0.3, -0.25) is 32.5 Å². The summed E-state index contributed by atoms with van der Waals surface area (Å²) in [5.41, 5.74) is 4.29. The maximum atomic E-state index is 12.8. The van der Waals surface area contributed by atoms with E-state index in [2.05, 4.69) is 69.0 Å². The molecule has 69 heavy (non-hydrogen) atoms. The van der Waals surface area contributed by atoms with Gasteiger partial charge in [-0.15, -0.1) is 0 Å². The number of fused-ring (bicyclic) bond motifs is 1. The van der Waals surface area contributed by atoms with E-state index in [0.717, 1.165) is 60.1 Å². The highest BCUT2D eigenvalue weighted by Gasteiger charge is 2.50. The SMILES string of the molecule is CC(C)CCCC(C)CCCC(C)CCCC(C)CC(=O)SCCNC(=O)CCNC(=O)[C@H](O)C(C)(C)COP(=O)(O)OP(=O)(O)OCC1OC(n2cnc3c(N)ncnc32)C(O)C1OP(=O)(O)O. The van der Waals surface area contributed by atoms with Gasteiger partial charge in [-0.05, 0) is 23.7 Å². The van der Waals surface area contributed by atoms with Crippen molar-refractivity contribution in [1.29, 1.82) is 0 Å². The molecule has 2 aromatic rings. The van der Waals surface area contributed by atoms with E-state index in [1.54, 1.807) is 0 Å². The molecule has 0 aliphatic carbocycles. The van der Waals surface area contributed by atoms with Crippen LogP contribution < -0.4 is 16.4 Å². The number of imidazole rings is 1. The number of aliphatic hydroxyl groups excluding tert-OH is 2. The van der Waals surface area contributed by atoms with Gasteiger partial charge in [-0.2, -0.15) is 4.31 Å². The quantitative estimate of drug-likeness (QED) is 0.0330. The normalized spacial score (nSPS) is 21.4. The third-order valence-electron chi connectivity index (χ3n) is 11.5. The summed E-state index contributed by atoms with van der Waals surface area (Å²) in [4.78, 5) is 88.9. The average molecular weight is 1060 g/mol. The van der Waals surface area contributed by atoms with Gasteiger partial charge < -0.3 is 50.9 Å². The maximum Gasteiger partial charge on any atom is 0.481 e. The van der Waals surface area contributed by atoms with Crippen LogP contribution in [0.3, 0.4) is 0 Å². The first-order valence-electron chi connectivity index (χ1n) is 23.1. The van der Waals surface area contributed by atoms with E-state index in [0.29, 0.717) is 18.1 Å². The zero-order valence-corrected chi connectivity index (χ0v) is 44.0. The molecule has 0 radical (unpaired) electrons. The number of carbonyl (C=O) groups is 3. The highest BCUT2D eigenvalue weighted by Crippen LogP contribution is 2.61. The van der Waals surface area contributed by atoms with Crippen LogP contribution in [0.5, 0.6) is 0 Å². The number of ether oxygens (including phenoxy) is 1. The molecule has 1 aliphatic heterocycles. The molecule has 9 unspecified atom stereocenters. The summed E-state index contributed by atoms with van der Waals surface area (Å²) >= 11 is 1.16. The molecule has 3 heterocycles. The molecule has 0 saturated carbocycles. The van der Waals surface area contributed by atoms with Gasteiger partial charge in [0.2, 0.25) is 11.8 Å². The minimum absolute atomic E-state index is 0.0332. The summed E-state index contributed by atoms with van der Waals surface area (Å²) in [6, 6.07) is 0. The van der Waals surface area contributed by atoms with Crippen LogP contribution in [0.4, 0.5) is 5.82 Å². The zero-order valence-electron chi connectivity index (χ0n) is 40.5. The number of phosphoric ester groups is 3. The minimum Gasteiger partial charge on any atom is -0.386 e. The Morgan fingerprint density at radius 3 is 2.07 bits per heavy atom. The average Bonchev–Trinajstić information content (AvgIpc) is 3.80. The third kappa shape index (κ3) is 22.1. The predicted octanol–water partition coefficient (Wildman–Crippen LogP) is 5.13. The van der Waals surface area contributed by atoms with Crippen molar-refractivity contribution in [2.75, 3.05) is 37.8 Å². The number of hydrogen-bond donors (Lipinski definition) is 9. The molecule has 3 rings (SSSR count). The number of thioether (sulfide) groups is 1. The van der Waals surface area contributed by atoms with Crippen LogP contribution in [-0.2, 0) is 50.7 Å². The number of hydrogen-bond acceptors (Lipinski definition) is 18. The fourth-order valence-corrected chi connectivity index (χ4v) is 11.2. The summed E-state index contributed by atoms with van der Waals surface area (Å²) in [5, 5.41) is 26.7. The number of amides is 2. The molecule has 1 aliphatic rings. The fourth-order valence-electron chi connectivity index (χ4n) is 7.53. The summed E-state index contributed by atoms with van der Waals surface area (Å²) in [6.07, 6.45) is 4.52. The van der Waals surface area contributed by atoms with Crippen molar-refractivity contribution in [3.8, 4) is 0 Å². The van der Waals surface area contributed by atoms with E-state index in [1.165, 1.54) is 52.4 Å². The molecule has 1 fully saturated rings. The van der Waals surface area contributed by atoms with E-state index in [9.17, 15) is 57.9 Å². The standard InChI is InChI=1S/C41H74N7O17P3S/c1-26(2)11-8-12-27(3)13-9-14-28(4)15-10-16-29(5)21-32(50)69-20-19-43-31(49)17-18-44-39(53)36(52)41(6,7)23-62-68(59,60)65-67(57,58)61-22-30-35(64-66(54,55)56)34(51)40(63-30)48-25-47-33-37(42)45-24-46-38(33)48/h24-30,34-36,40,51-52H,8-23H2,1-7H3,(H,43,49)(H,44,53)(H,57,58)(H,59,60)(H2,42,45,46)(H2,54,55,56)/t27?,28?,29?,30?,34?,35?,36-,40?/m0/s1. The van der Waals surface area contributed by atoms with Gasteiger partial charge >= 0.3 is 23.5 Å². The molecule has 396 valence electrons. The van der Waals surface area contributed by atoms with Gasteiger partial charge in [0.25, 0.3) is 0 Å². The number of rotatable bonds is 33. The van der Waals surface area contributed by atoms with Gasteiger partial charge in [0, 0.05) is 37.1 Å². The minimum atomic E-state index is -5.58. The van der Waals surface area contributed by atoms with Gasteiger partial charge in [0.1, 0.15) is 36.3 Å². The van der Waals surface area contributed by atoms with Crippen LogP contribution in [0.1, 0.15) is 125 Å². The van der Waals surface area contributed by atoms with Crippen molar-refractivity contribution in [2.45, 2.75) is 150 Å². The predicted molar refractivity (Wildman–Crippen MR) is 256 cm³/mol. The van der Waals surface area contributed by atoms with Gasteiger partial charge in [0.15, 0.2) is 22.8 Å². The Morgan fingerprint density at radius 2 is 1.46 bits per heavy atom. The largest absolute Gasteiger partial charge is 0.481 e. The zero-order chi connectivity index (χ0) is 51.7. The van der Waals surface area contributed by atoms with Crippen LogP contribution in [0, 0.1) is 29.1 Å². The molecular weight excluding hydrogens is 987 g/mol. The highest BCUT2D eigenvalue weighted by molar-refractivity contribution is 8.13. The van der Waals surface area contributed by atoms with Crippen LogP contribution in [0.15, 0.2) is 12.7 Å². The van der Waals surface area contributed by atoms with Crippen molar-refractivity contribution < 1.29 is 80.5 Å². The molecule has 0 bridgehead atoms. The van der Waals surface area contributed by atoms with Crippen molar-refractivity contribution in [1.82, 2.24) is 30.2 Å². The van der Waals surface area contributed by atoms with Crippen LogP contribution in [-0.4, -0.2) is 123 Å². The summed E-state index contributed by atoms with van der Waals surface area (Å²) in [7, 11) is -16.4. The summed E-state index contributed by atoms with van der Waals surface area (Å²) in [5.74, 6) is 1.45. The lowest BCUT2D eigenvalue weighted by Crippen LogP contribution is -2.46. The second-order valence-electron chi connectivity index (χ2n) is 19.0. The second kappa shape index (κ2) is 28.1. The number of anilines is 1. The summed E-state index contributed by atoms with van der Waals surface area (Å²) < 4.78 is 62.5. The monoisotopic (exact) mass is 1060 g/mol. The number of nitrogens with one attached hydrogen (secondary N) is 2. The Bertz CT molecular complexity index is 2100. The van der Waals surface area contributed by atoms with Crippen LogP contribution in [0.25, 0.3) is 11.2 Å². The Balaban J connectivity index is 1.33. The van der Waals surface area contributed by atoms with E-state index < -0.39 is 84.6 Å². The number of nitrogens with zero attached hydrogens (tertiary/aromatic N) is 4. The number of phosphoric acid groups is 3. The van der Waals surface area contributed by atoms with Crippen molar-refractivity contribution in [3.05, 3.63) is 12.7 Å². The molecule has 2 aromatic heterocycles. The Morgan fingerprint density at radius 1 is 0.870 bits per heavy atom. The molecule has 24 nitrogen and oxygen atoms in total. The highest BCUT2D eigenvalue weighted by atomic mass is 32.2. The first kappa shape index (κ1) is 60.9. The Hall–Kier alpha value is -2.44. The van der Waals surface area contributed by atoms with Crippen molar-refractivity contribution in [3.63, 3.8) is 0 Å². The fraction of sp³-hybridized carbons (Fsp3) is 0.805. The molecular formula is C41H74N7O17P3S. The first-order chi connectivity index (χ1) is 32.1. The van der Waals surface area contributed by atoms with E-state index in [1.807, 2.05) is 0 Å². The van der Waals surface area contributed by atoms with E-state index in [4.69, 9.17) is 19.5 Å². The van der Waals surface area contributed by atoms with Crippen molar-refractivity contribution >= 4 is 69.1 Å². The number of aromatic nitrogens is 4. The molecule has 10 N–H and O–H groups in total. The van der Waals surface area contributed by atoms with Crippen molar-refractivity contribution in [2.24, 2.45) is 29.1 Å². The maximum absolute atomic E-state index is 12.8. The molecule has 1 saturated heterocycles. The lowest BCUT2D eigenvalue weighted by atomic mass is 9.87. The molecule has 10 atom stereocenters. The first-order valence-corrected chi connectivity index (χ1v) is 28.6. The number of aliphatic hydroxyl groups is 2. The Kier molecular flexibility index (Phi) is 24.8. The molecule has 28 heteroatoms. The smallest absolute Gasteiger partial charge is 0.386 e. The number of nitrogens with two attached hydrogens (primary N) is 1. The van der Waals surface area contributed by atoms with E-state index in [-0.39, 0.29) is 47.5 Å². The summed E-state index contributed by atoms with van der Waals surface area (Å²) in [6.45, 7) is 11.9.